The molecule has 0 aliphatic carbocycles. The third kappa shape index (κ3) is 3.18. The minimum absolute atomic E-state index is 0.140. The lowest BCUT2D eigenvalue weighted by Crippen LogP contribution is -2.38. The molecule has 0 fully saturated rings. The van der Waals surface area contributed by atoms with Gasteiger partial charge in [0.15, 0.2) is 6.61 Å². The molecule has 0 unspecified atom stereocenters. The van der Waals surface area contributed by atoms with Crippen LogP contribution in [-0.2, 0) is 20.1 Å². The largest absolute Gasteiger partial charge is 0.478 e. The monoisotopic (exact) mass is 470 g/mol. The summed E-state index contributed by atoms with van der Waals surface area (Å²) in [6.07, 6.45) is 4.94. The van der Waals surface area contributed by atoms with Crippen LogP contribution in [0.25, 0.3) is 22.0 Å². The summed E-state index contributed by atoms with van der Waals surface area (Å²) < 4.78 is 9.25. The first kappa shape index (κ1) is 20.4. The molecule has 1 aliphatic rings. The lowest BCUT2D eigenvalue weighted by Gasteiger charge is -2.29. The van der Waals surface area contributed by atoms with Crippen molar-refractivity contribution in [2.45, 2.75) is 13.1 Å². The van der Waals surface area contributed by atoms with E-state index in [2.05, 4.69) is 20.3 Å². The van der Waals surface area contributed by atoms with Crippen LogP contribution in [-0.4, -0.2) is 53.5 Å². The van der Waals surface area contributed by atoms with Gasteiger partial charge >= 0.3 is 0 Å². The average Bonchev–Trinajstić information content (AvgIpc) is 3.53. The predicted molar refractivity (Wildman–Crippen MR) is 116 cm³/mol. The Labute approximate surface area is 191 Å². The number of aryl methyl sites for hydroxylation is 1. The van der Waals surface area contributed by atoms with Gasteiger partial charge < -0.3 is 14.2 Å². The Balaban J connectivity index is 1.71. The second-order valence-electron chi connectivity index (χ2n) is 7.27. The van der Waals surface area contributed by atoms with Crippen LogP contribution in [0.3, 0.4) is 0 Å². The fraction of sp³-hybridized carbons (Fsp3) is 0.250. The smallest absolute Gasteiger partial charge is 0.293 e. The van der Waals surface area contributed by atoms with Gasteiger partial charge in [0, 0.05) is 49.2 Å². The van der Waals surface area contributed by atoms with Gasteiger partial charge in [-0.15, -0.1) is 5.10 Å². The van der Waals surface area contributed by atoms with Crippen LogP contribution in [0.1, 0.15) is 16.3 Å². The molecule has 0 bridgehead atoms. The van der Waals surface area contributed by atoms with Crippen molar-refractivity contribution in [1.82, 2.24) is 34.4 Å². The molecule has 1 amide bonds. The molecule has 0 spiro atoms. The Bertz CT molecular complexity index is 1380. The van der Waals surface area contributed by atoms with E-state index in [-0.39, 0.29) is 18.3 Å². The molecular weight excluding hydrogens is 455 g/mol. The molecular formula is C20H16Cl2N8O2. The van der Waals surface area contributed by atoms with E-state index in [4.69, 9.17) is 33.2 Å². The fourth-order valence-electron chi connectivity index (χ4n) is 4.07. The van der Waals surface area contributed by atoms with Gasteiger partial charge in [-0.25, -0.2) is 4.98 Å². The number of amides is 1. The molecule has 1 N–H and O–H groups in total. The standard InChI is InChI=1S/C20H16Cl2N8O2/c1-28-10-24-19(27-28)20(31)29-3-4-30-13(9-29)15(11-7-25-26-8-11)16-14(32-5-2-23)6-12(21)17(22)18(16)30/h6-8,10H,3-5,9H2,1H3,(H,25,26). The number of hydrogen-bond acceptors (Lipinski definition) is 6. The van der Waals surface area contributed by atoms with Gasteiger partial charge in [0.2, 0.25) is 5.82 Å². The molecule has 32 heavy (non-hydrogen) atoms. The minimum Gasteiger partial charge on any atom is -0.478 e. The highest BCUT2D eigenvalue weighted by atomic mass is 35.5. The number of carbonyl (C=O) groups excluding carboxylic acids is 1. The zero-order valence-electron chi connectivity index (χ0n) is 16.8. The van der Waals surface area contributed by atoms with Crippen LogP contribution in [0, 0.1) is 11.3 Å². The molecule has 3 aromatic heterocycles. The fourth-order valence-corrected chi connectivity index (χ4v) is 4.51. The number of nitrogens with zero attached hydrogens (tertiary/aromatic N) is 7. The highest BCUT2D eigenvalue weighted by Gasteiger charge is 2.32. The van der Waals surface area contributed by atoms with Crippen LogP contribution >= 0.6 is 23.2 Å². The number of rotatable bonds is 4. The summed E-state index contributed by atoms with van der Waals surface area (Å²) in [6, 6.07) is 3.59. The second kappa shape index (κ2) is 7.85. The second-order valence-corrected chi connectivity index (χ2v) is 8.05. The molecule has 0 radical (unpaired) electrons. The predicted octanol–water partition coefficient (Wildman–Crippen LogP) is 3.03. The average molecular weight is 471 g/mol. The van der Waals surface area contributed by atoms with E-state index >= 15 is 0 Å². The molecule has 0 atom stereocenters. The number of halogens is 2. The van der Waals surface area contributed by atoms with Crippen LogP contribution < -0.4 is 4.74 Å². The SMILES string of the molecule is Cn1cnc(C(=O)N2CCn3c(c(-c4cn[nH]c4)c4c(OCC#N)cc(Cl)c(Cl)c43)C2)n1. The van der Waals surface area contributed by atoms with Crippen molar-refractivity contribution >= 4 is 40.0 Å². The molecule has 0 saturated carbocycles. The van der Waals surface area contributed by atoms with Crippen molar-refractivity contribution in [2.75, 3.05) is 13.2 Å². The Morgan fingerprint density at radius 3 is 2.91 bits per heavy atom. The van der Waals surface area contributed by atoms with Gasteiger partial charge in [0.05, 0.1) is 33.7 Å². The number of aromatic amines is 1. The number of nitriles is 1. The zero-order chi connectivity index (χ0) is 22.4. The van der Waals surface area contributed by atoms with Crippen molar-refractivity contribution in [3.63, 3.8) is 0 Å². The number of nitrogens with one attached hydrogen (secondary N) is 1. The van der Waals surface area contributed by atoms with Gasteiger partial charge in [-0.1, -0.05) is 23.2 Å². The topological polar surface area (TPSA) is 118 Å². The maximum Gasteiger partial charge on any atom is 0.293 e. The molecule has 12 heteroatoms. The van der Waals surface area contributed by atoms with E-state index in [1.807, 2.05) is 10.6 Å². The maximum atomic E-state index is 13.0. The van der Waals surface area contributed by atoms with Gasteiger partial charge in [-0.2, -0.15) is 10.4 Å². The number of hydrogen-bond donors (Lipinski definition) is 1. The summed E-state index contributed by atoms with van der Waals surface area (Å²) in [5.74, 6) is 0.324. The highest BCUT2D eigenvalue weighted by Crippen LogP contribution is 2.47. The Hall–Kier alpha value is -3.55. The van der Waals surface area contributed by atoms with Crippen LogP contribution in [0.15, 0.2) is 24.8 Å². The number of ether oxygens (including phenoxy) is 1. The minimum atomic E-state index is -0.259. The van der Waals surface area contributed by atoms with E-state index < -0.39 is 0 Å². The first-order chi connectivity index (χ1) is 15.5. The molecule has 5 rings (SSSR count). The zero-order valence-corrected chi connectivity index (χ0v) is 18.4. The number of aromatic nitrogens is 6. The quantitative estimate of drug-likeness (QED) is 0.489. The Morgan fingerprint density at radius 2 is 2.22 bits per heavy atom. The van der Waals surface area contributed by atoms with Crippen molar-refractivity contribution in [3.8, 4) is 22.9 Å². The summed E-state index contributed by atoms with van der Waals surface area (Å²) in [7, 11) is 1.71. The summed E-state index contributed by atoms with van der Waals surface area (Å²) in [5, 5.41) is 21.5. The van der Waals surface area contributed by atoms with Crippen LogP contribution in [0.5, 0.6) is 5.75 Å². The molecule has 162 valence electrons. The van der Waals surface area contributed by atoms with E-state index in [9.17, 15) is 4.79 Å². The molecule has 1 aliphatic heterocycles. The summed E-state index contributed by atoms with van der Waals surface area (Å²) in [4.78, 5) is 18.8. The number of benzene rings is 1. The highest BCUT2D eigenvalue weighted by molar-refractivity contribution is 6.45. The molecule has 10 nitrogen and oxygen atoms in total. The lowest BCUT2D eigenvalue weighted by atomic mass is 10.0. The Kier molecular flexibility index (Phi) is 5.00. The number of carbonyl (C=O) groups is 1. The summed E-state index contributed by atoms with van der Waals surface area (Å²) in [6.45, 7) is 1.09. The number of H-pyrrole nitrogens is 1. The van der Waals surface area contributed by atoms with Crippen molar-refractivity contribution < 1.29 is 9.53 Å². The van der Waals surface area contributed by atoms with Gasteiger partial charge in [-0.05, 0) is 0 Å². The van der Waals surface area contributed by atoms with Gasteiger partial charge in [0.1, 0.15) is 18.1 Å². The molecule has 4 heterocycles. The van der Waals surface area contributed by atoms with E-state index in [1.165, 1.54) is 11.0 Å². The summed E-state index contributed by atoms with van der Waals surface area (Å²) >= 11 is 13.0. The maximum absolute atomic E-state index is 13.0. The number of fused-ring (bicyclic) bond motifs is 3. The molecule has 1 aromatic carbocycles. The van der Waals surface area contributed by atoms with Crippen LogP contribution in [0.4, 0.5) is 0 Å². The third-order valence-corrected chi connectivity index (χ3v) is 6.16. The van der Waals surface area contributed by atoms with Gasteiger partial charge in [-0.3, -0.25) is 14.6 Å². The Morgan fingerprint density at radius 1 is 1.38 bits per heavy atom. The van der Waals surface area contributed by atoms with Crippen molar-refractivity contribution in [3.05, 3.63) is 46.4 Å². The third-order valence-electron chi connectivity index (χ3n) is 5.38. The van der Waals surface area contributed by atoms with Crippen molar-refractivity contribution in [2.24, 2.45) is 7.05 Å². The first-order valence-corrected chi connectivity index (χ1v) is 10.4. The van der Waals surface area contributed by atoms with E-state index in [1.54, 1.807) is 30.4 Å². The lowest BCUT2D eigenvalue weighted by molar-refractivity contribution is 0.0700. The van der Waals surface area contributed by atoms with E-state index in [0.29, 0.717) is 40.9 Å². The van der Waals surface area contributed by atoms with Crippen LogP contribution in [0.2, 0.25) is 10.0 Å². The molecule has 4 aromatic rings. The van der Waals surface area contributed by atoms with Crippen molar-refractivity contribution in [1.29, 1.82) is 5.26 Å². The van der Waals surface area contributed by atoms with E-state index in [0.717, 1.165) is 22.2 Å². The summed E-state index contributed by atoms with van der Waals surface area (Å²) in [5.41, 5.74) is 3.16. The normalized spacial score (nSPS) is 13.2. The first-order valence-electron chi connectivity index (χ1n) is 9.66. The van der Waals surface area contributed by atoms with Gasteiger partial charge in [0.25, 0.3) is 5.91 Å². The molecule has 0 saturated heterocycles.